The number of rotatable bonds is 3. The maximum absolute atomic E-state index is 5.70. The van der Waals surface area contributed by atoms with Crippen LogP contribution >= 0.6 is 0 Å². The lowest BCUT2D eigenvalue weighted by Crippen LogP contribution is -2.26. The first-order valence-corrected chi connectivity index (χ1v) is 5.97. The zero-order valence-electron chi connectivity index (χ0n) is 9.93. The van der Waals surface area contributed by atoms with Crippen LogP contribution in [0.4, 0.5) is 0 Å². The van der Waals surface area contributed by atoms with Gasteiger partial charge in [0.15, 0.2) is 6.10 Å². The Bertz CT molecular complexity index is 428. The number of aliphatic imine (C=N–C) groups is 1. The molecular weight excluding hydrogens is 216 g/mol. The third-order valence-electron chi connectivity index (χ3n) is 3.04. The summed E-state index contributed by atoms with van der Waals surface area (Å²) >= 11 is 0. The number of hydrogen-bond donors (Lipinski definition) is 0. The lowest BCUT2D eigenvalue weighted by atomic mass is 10.2. The topological polar surface area (TPSA) is 34.1 Å². The first-order chi connectivity index (χ1) is 8.31. The molecule has 2 aliphatic heterocycles. The fourth-order valence-corrected chi connectivity index (χ4v) is 2.09. The number of benzene rings is 1. The van der Waals surface area contributed by atoms with Gasteiger partial charge in [-0.25, -0.2) is 4.99 Å². The molecule has 4 nitrogen and oxygen atoms in total. The van der Waals surface area contributed by atoms with Crippen molar-refractivity contribution in [1.82, 2.24) is 4.90 Å². The molecule has 1 atom stereocenters. The maximum atomic E-state index is 5.70. The second-order valence-corrected chi connectivity index (χ2v) is 4.47. The first kappa shape index (κ1) is 10.4. The molecule has 2 aliphatic rings. The highest BCUT2D eigenvalue weighted by atomic mass is 16.6. The Morgan fingerprint density at radius 2 is 2.24 bits per heavy atom. The SMILES string of the molecule is Cc1ccc(OCC2CN3CCN=C3O2)cc1. The molecule has 1 aromatic rings. The van der Waals surface area contributed by atoms with E-state index in [9.17, 15) is 0 Å². The van der Waals surface area contributed by atoms with Crippen LogP contribution in [0, 0.1) is 6.92 Å². The largest absolute Gasteiger partial charge is 0.490 e. The quantitative estimate of drug-likeness (QED) is 0.791. The van der Waals surface area contributed by atoms with Crippen LogP contribution in [-0.4, -0.2) is 43.3 Å². The van der Waals surface area contributed by atoms with Crippen molar-refractivity contribution in [2.45, 2.75) is 13.0 Å². The van der Waals surface area contributed by atoms with Crippen LogP contribution in [0.15, 0.2) is 29.3 Å². The van der Waals surface area contributed by atoms with Crippen LogP contribution in [0.3, 0.4) is 0 Å². The molecule has 1 fully saturated rings. The highest BCUT2D eigenvalue weighted by Crippen LogP contribution is 2.17. The molecule has 0 aromatic heterocycles. The molecule has 0 N–H and O–H groups in total. The van der Waals surface area contributed by atoms with Gasteiger partial charge in [-0.2, -0.15) is 0 Å². The minimum atomic E-state index is 0.107. The number of nitrogens with zero attached hydrogens (tertiary/aromatic N) is 2. The second-order valence-electron chi connectivity index (χ2n) is 4.47. The van der Waals surface area contributed by atoms with Crippen molar-refractivity contribution in [3.63, 3.8) is 0 Å². The molecule has 90 valence electrons. The van der Waals surface area contributed by atoms with E-state index < -0.39 is 0 Å². The van der Waals surface area contributed by atoms with E-state index in [-0.39, 0.29) is 6.10 Å². The molecule has 0 saturated carbocycles. The Labute approximate surface area is 101 Å². The van der Waals surface area contributed by atoms with Gasteiger partial charge in [0.25, 0.3) is 6.02 Å². The molecule has 1 unspecified atom stereocenters. The van der Waals surface area contributed by atoms with Crippen molar-refractivity contribution in [1.29, 1.82) is 0 Å². The monoisotopic (exact) mass is 232 g/mol. The fraction of sp³-hybridized carbons (Fsp3) is 0.462. The summed E-state index contributed by atoms with van der Waals surface area (Å²) < 4.78 is 11.4. The van der Waals surface area contributed by atoms with Gasteiger partial charge < -0.3 is 14.4 Å². The number of amidine groups is 1. The van der Waals surface area contributed by atoms with Crippen LogP contribution in [0.2, 0.25) is 0 Å². The predicted octanol–water partition coefficient (Wildman–Crippen LogP) is 1.44. The Balaban J connectivity index is 1.53. The number of ether oxygens (including phenoxy) is 2. The number of aryl methyl sites for hydroxylation is 1. The lowest BCUT2D eigenvalue weighted by molar-refractivity contribution is 0.144. The predicted molar refractivity (Wildman–Crippen MR) is 65.4 cm³/mol. The van der Waals surface area contributed by atoms with Gasteiger partial charge in [0, 0.05) is 6.54 Å². The molecule has 0 bridgehead atoms. The van der Waals surface area contributed by atoms with E-state index in [0.717, 1.165) is 31.4 Å². The van der Waals surface area contributed by atoms with Crippen molar-refractivity contribution in [2.75, 3.05) is 26.2 Å². The third kappa shape index (κ3) is 2.20. The van der Waals surface area contributed by atoms with Gasteiger partial charge in [0.05, 0.1) is 13.1 Å². The summed E-state index contributed by atoms with van der Waals surface area (Å²) in [6.45, 7) is 5.39. The minimum absolute atomic E-state index is 0.107. The fourth-order valence-electron chi connectivity index (χ4n) is 2.09. The third-order valence-corrected chi connectivity index (χ3v) is 3.04. The van der Waals surface area contributed by atoms with E-state index in [1.807, 2.05) is 24.3 Å². The summed E-state index contributed by atoms with van der Waals surface area (Å²) in [6, 6.07) is 8.87. The van der Waals surface area contributed by atoms with E-state index >= 15 is 0 Å². The summed E-state index contributed by atoms with van der Waals surface area (Å²) in [5.41, 5.74) is 1.24. The minimum Gasteiger partial charge on any atom is -0.490 e. The molecule has 0 radical (unpaired) electrons. The second kappa shape index (κ2) is 4.28. The summed E-state index contributed by atoms with van der Waals surface area (Å²) in [7, 11) is 0. The molecule has 0 amide bonds. The Morgan fingerprint density at radius 1 is 1.41 bits per heavy atom. The normalized spacial score (nSPS) is 22.1. The van der Waals surface area contributed by atoms with Gasteiger partial charge in [-0.05, 0) is 19.1 Å². The van der Waals surface area contributed by atoms with Crippen LogP contribution in [0.25, 0.3) is 0 Å². The average Bonchev–Trinajstić information content (AvgIpc) is 2.88. The van der Waals surface area contributed by atoms with Gasteiger partial charge in [-0.3, -0.25) is 0 Å². The zero-order valence-corrected chi connectivity index (χ0v) is 9.93. The maximum Gasteiger partial charge on any atom is 0.288 e. The van der Waals surface area contributed by atoms with Crippen molar-refractivity contribution in [3.8, 4) is 5.75 Å². The van der Waals surface area contributed by atoms with E-state index in [0.29, 0.717) is 6.61 Å². The summed E-state index contributed by atoms with van der Waals surface area (Å²) in [6.07, 6.45) is 0.107. The molecular formula is C13H16N2O2. The van der Waals surface area contributed by atoms with Crippen LogP contribution in [-0.2, 0) is 4.74 Å². The van der Waals surface area contributed by atoms with E-state index in [1.54, 1.807) is 0 Å². The smallest absolute Gasteiger partial charge is 0.288 e. The van der Waals surface area contributed by atoms with Crippen LogP contribution < -0.4 is 4.74 Å². The number of hydrogen-bond acceptors (Lipinski definition) is 4. The molecule has 1 aromatic carbocycles. The van der Waals surface area contributed by atoms with Crippen molar-refractivity contribution in [3.05, 3.63) is 29.8 Å². The van der Waals surface area contributed by atoms with Crippen molar-refractivity contribution in [2.24, 2.45) is 4.99 Å². The van der Waals surface area contributed by atoms with Crippen LogP contribution in [0.1, 0.15) is 5.56 Å². The lowest BCUT2D eigenvalue weighted by Gasteiger charge is -2.11. The van der Waals surface area contributed by atoms with E-state index in [1.165, 1.54) is 5.56 Å². The Morgan fingerprint density at radius 3 is 3.00 bits per heavy atom. The van der Waals surface area contributed by atoms with Crippen molar-refractivity contribution < 1.29 is 9.47 Å². The molecule has 1 saturated heterocycles. The molecule has 3 rings (SSSR count). The molecule has 0 spiro atoms. The highest BCUT2D eigenvalue weighted by Gasteiger charge is 2.32. The number of fused-ring (bicyclic) bond motifs is 1. The zero-order chi connectivity index (χ0) is 11.7. The van der Waals surface area contributed by atoms with Crippen molar-refractivity contribution >= 4 is 6.02 Å². The van der Waals surface area contributed by atoms with Gasteiger partial charge in [-0.15, -0.1) is 0 Å². The Kier molecular flexibility index (Phi) is 2.63. The molecule has 4 heteroatoms. The summed E-state index contributed by atoms with van der Waals surface area (Å²) in [4.78, 5) is 6.45. The standard InChI is InChI=1S/C13H16N2O2/c1-10-2-4-11(5-3-10)16-9-12-8-15-7-6-14-13(15)17-12/h2-5,12H,6-9H2,1H3. The molecule has 17 heavy (non-hydrogen) atoms. The van der Waals surface area contributed by atoms with Gasteiger partial charge >= 0.3 is 0 Å². The summed E-state index contributed by atoms with van der Waals surface area (Å²) in [5, 5.41) is 0. The highest BCUT2D eigenvalue weighted by molar-refractivity contribution is 5.77. The average molecular weight is 232 g/mol. The molecule has 2 heterocycles. The molecule has 0 aliphatic carbocycles. The van der Waals surface area contributed by atoms with Gasteiger partial charge in [-0.1, -0.05) is 17.7 Å². The summed E-state index contributed by atoms with van der Waals surface area (Å²) in [5.74, 6) is 0.896. The van der Waals surface area contributed by atoms with E-state index in [2.05, 4.69) is 16.8 Å². The van der Waals surface area contributed by atoms with Gasteiger partial charge in [0.2, 0.25) is 0 Å². The van der Waals surface area contributed by atoms with Crippen LogP contribution in [0.5, 0.6) is 5.75 Å². The Hall–Kier alpha value is -1.71. The first-order valence-electron chi connectivity index (χ1n) is 5.97. The van der Waals surface area contributed by atoms with Gasteiger partial charge in [0.1, 0.15) is 12.4 Å². The van der Waals surface area contributed by atoms with E-state index in [4.69, 9.17) is 9.47 Å².